The van der Waals surface area contributed by atoms with E-state index in [-0.39, 0.29) is 17.4 Å². The van der Waals surface area contributed by atoms with Crippen LogP contribution in [0.15, 0.2) is 24.3 Å². The van der Waals surface area contributed by atoms with E-state index < -0.39 is 12.1 Å². The minimum atomic E-state index is -0.788. The summed E-state index contributed by atoms with van der Waals surface area (Å²) in [5, 5.41) is 3.04. The molecule has 4 heteroatoms. The zero-order valence-electron chi connectivity index (χ0n) is 16.1. The number of carbonyl (C=O) groups excluding carboxylic acids is 2. The van der Waals surface area contributed by atoms with E-state index in [4.69, 9.17) is 4.74 Å². The summed E-state index contributed by atoms with van der Waals surface area (Å²) in [6.07, 6.45) is 3.72. The van der Waals surface area contributed by atoms with Gasteiger partial charge < -0.3 is 10.1 Å². The third-order valence-corrected chi connectivity index (χ3v) is 5.08. The number of rotatable bonds is 4. The molecule has 0 aromatic heterocycles. The lowest BCUT2D eigenvalue weighted by Crippen LogP contribution is -2.45. The van der Waals surface area contributed by atoms with Crippen molar-refractivity contribution in [2.45, 2.75) is 77.9 Å². The summed E-state index contributed by atoms with van der Waals surface area (Å²) in [4.78, 5) is 24.6. The van der Waals surface area contributed by atoms with E-state index in [1.54, 1.807) is 19.1 Å². The molecule has 0 bridgehead atoms. The fraction of sp³-hybridized carbons (Fsp3) is 0.619. The smallest absolute Gasteiger partial charge is 0.338 e. The van der Waals surface area contributed by atoms with Crippen LogP contribution in [-0.4, -0.2) is 24.0 Å². The van der Waals surface area contributed by atoms with Crippen molar-refractivity contribution in [3.05, 3.63) is 35.4 Å². The Bertz CT molecular complexity index is 601. The molecular formula is C21H31NO3. The van der Waals surface area contributed by atoms with Crippen LogP contribution < -0.4 is 5.32 Å². The van der Waals surface area contributed by atoms with Gasteiger partial charge >= 0.3 is 5.97 Å². The molecular weight excluding hydrogens is 314 g/mol. The van der Waals surface area contributed by atoms with E-state index in [1.807, 2.05) is 12.1 Å². The molecule has 1 aliphatic rings. The topological polar surface area (TPSA) is 55.4 Å². The Balaban J connectivity index is 1.91. The van der Waals surface area contributed by atoms with Crippen molar-refractivity contribution in [2.75, 3.05) is 0 Å². The second kappa shape index (κ2) is 8.03. The van der Waals surface area contributed by atoms with Gasteiger partial charge in [-0.05, 0) is 48.8 Å². The molecule has 25 heavy (non-hydrogen) atoms. The molecule has 1 aliphatic carbocycles. The maximum Gasteiger partial charge on any atom is 0.338 e. The Kier molecular flexibility index (Phi) is 6.26. The Morgan fingerprint density at radius 1 is 1.12 bits per heavy atom. The van der Waals surface area contributed by atoms with Gasteiger partial charge in [-0.3, -0.25) is 4.79 Å². The van der Waals surface area contributed by atoms with Crippen LogP contribution in [0.25, 0.3) is 0 Å². The van der Waals surface area contributed by atoms with Crippen LogP contribution in [0, 0.1) is 5.92 Å². The van der Waals surface area contributed by atoms with Crippen molar-refractivity contribution >= 4 is 11.9 Å². The lowest BCUT2D eigenvalue weighted by atomic mass is 9.86. The quantitative estimate of drug-likeness (QED) is 0.831. The molecule has 1 saturated carbocycles. The Labute approximate surface area is 151 Å². The second-order valence-electron chi connectivity index (χ2n) is 8.25. The van der Waals surface area contributed by atoms with Crippen LogP contribution in [0.4, 0.5) is 0 Å². The largest absolute Gasteiger partial charge is 0.449 e. The first-order valence-corrected chi connectivity index (χ1v) is 9.30. The number of hydrogen-bond donors (Lipinski definition) is 1. The van der Waals surface area contributed by atoms with Gasteiger partial charge in [0.25, 0.3) is 5.91 Å². The number of ether oxygens (including phenoxy) is 1. The van der Waals surface area contributed by atoms with E-state index in [0.717, 1.165) is 24.8 Å². The Morgan fingerprint density at radius 2 is 1.72 bits per heavy atom. The molecule has 1 amide bonds. The van der Waals surface area contributed by atoms with Gasteiger partial charge in [-0.25, -0.2) is 4.79 Å². The number of hydrogen-bond acceptors (Lipinski definition) is 3. The standard InChI is InChI=1S/C21H31NO3/c1-14-8-6-7-9-18(14)22-19(23)15(2)25-20(24)16-10-12-17(13-11-16)21(3,4)5/h10-15,18H,6-9H2,1-5H3,(H,22,23). The van der Waals surface area contributed by atoms with Crippen LogP contribution in [0.2, 0.25) is 0 Å². The highest BCUT2D eigenvalue weighted by molar-refractivity contribution is 5.92. The van der Waals surface area contributed by atoms with E-state index in [1.165, 1.54) is 6.42 Å². The van der Waals surface area contributed by atoms with Crippen molar-refractivity contribution in [3.63, 3.8) is 0 Å². The molecule has 1 N–H and O–H groups in total. The highest BCUT2D eigenvalue weighted by Gasteiger charge is 2.26. The fourth-order valence-corrected chi connectivity index (χ4v) is 3.22. The highest BCUT2D eigenvalue weighted by atomic mass is 16.5. The van der Waals surface area contributed by atoms with Gasteiger partial charge in [-0.1, -0.05) is 52.7 Å². The van der Waals surface area contributed by atoms with Crippen molar-refractivity contribution in [1.29, 1.82) is 0 Å². The van der Waals surface area contributed by atoms with Crippen molar-refractivity contribution < 1.29 is 14.3 Å². The number of benzene rings is 1. The normalized spacial score (nSPS) is 22.1. The number of amides is 1. The molecule has 0 heterocycles. The van der Waals surface area contributed by atoms with E-state index in [0.29, 0.717) is 11.5 Å². The first kappa shape index (κ1) is 19.5. The minimum Gasteiger partial charge on any atom is -0.449 e. The molecule has 1 aromatic carbocycles. The van der Waals surface area contributed by atoms with Gasteiger partial charge in [-0.15, -0.1) is 0 Å². The first-order chi connectivity index (χ1) is 11.7. The molecule has 4 nitrogen and oxygen atoms in total. The van der Waals surface area contributed by atoms with Gasteiger partial charge in [0.2, 0.25) is 0 Å². The number of carbonyl (C=O) groups is 2. The second-order valence-corrected chi connectivity index (χ2v) is 8.25. The zero-order valence-corrected chi connectivity index (χ0v) is 16.1. The molecule has 3 atom stereocenters. The number of esters is 1. The van der Waals surface area contributed by atoms with Crippen molar-refractivity contribution in [3.8, 4) is 0 Å². The SMILES string of the molecule is CC(OC(=O)c1ccc(C(C)(C)C)cc1)C(=O)NC1CCCCC1C. The minimum absolute atomic E-state index is 0.0340. The molecule has 0 aliphatic heterocycles. The van der Waals surface area contributed by atoms with Crippen LogP contribution in [0.1, 0.15) is 76.2 Å². The summed E-state index contributed by atoms with van der Waals surface area (Å²) in [5.41, 5.74) is 1.66. The molecule has 1 aromatic rings. The summed E-state index contributed by atoms with van der Waals surface area (Å²) in [5.74, 6) is -0.191. The third kappa shape index (κ3) is 5.32. The van der Waals surface area contributed by atoms with Gasteiger partial charge in [0, 0.05) is 6.04 Å². The molecule has 0 saturated heterocycles. The Morgan fingerprint density at radius 3 is 2.28 bits per heavy atom. The summed E-state index contributed by atoms with van der Waals surface area (Å²) in [6.45, 7) is 10.2. The maximum absolute atomic E-state index is 12.3. The summed E-state index contributed by atoms with van der Waals surface area (Å²) in [6, 6.07) is 7.58. The molecule has 0 spiro atoms. The number of nitrogens with one attached hydrogen (secondary N) is 1. The molecule has 2 rings (SSSR count). The fourth-order valence-electron chi connectivity index (χ4n) is 3.22. The van der Waals surface area contributed by atoms with Crippen LogP contribution >= 0.6 is 0 Å². The average molecular weight is 345 g/mol. The first-order valence-electron chi connectivity index (χ1n) is 9.30. The monoisotopic (exact) mass is 345 g/mol. The van der Waals surface area contributed by atoms with Crippen LogP contribution in [-0.2, 0) is 14.9 Å². The predicted molar refractivity (Wildman–Crippen MR) is 99.6 cm³/mol. The van der Waals surface area contributed by atoms with E-state index in [2.05, 4.69) is 33.0 Å². The van der Waals surface area contributed by atoms with Crippen molar-refractivity contribution in [1.82, 2.24) is 5.32 Å². The third-order valence-electron chi connectivity index (χ3n) is 5.08. The van der Waals surface area contributed by atoms with Gasteiger partial charge in [0.05, 0.1) is 5.56 Å². The lowest BCUT2D eigenvalue weighted by Gasteiger charge is -2.30. The van der Waals surface area contributed by atoms with Crippen molar-refractivity contribution in [2.24, 2.45) is 5.92 Å². The summed E-state index contributed by atoms with van der Waals surface area (Å²) in [7, 11) is 0. The summed E-state index contributed by atoms with van der Waals surface area (Å²) < 4.78 is 5.35. The van der Waals surface area contributed by atoms with Gasteiger partial charge in [-0.2, -0.15) is 0 Å². The summed E-state index contributed by atoms with van der Waals surface area (Å²) >= 11 is 0. The average Bonchev–Trinajstić information content (AvgIpc) is 2.56. The van der Waals surface area contributed by atoms with Crippen LogP contribution in [0.3, 0.4) is 0 Å². The highest BCUT2D eigenvalue weighted by Crippen LogP contribution is 2.24. The van der Waals surface area contributed by atoms with Crippen LogP contribution in [0.5, 0.6) is 0 Å². The zero-order chi connectivity index (χ0) is 18.6. The lowest BCUT2D eigenvalue weighted by molar-refractivity contribution is -0.130. The van der Waals surface area contributed by atoms with Gasteiger partial charge in [0.1, 0.15) is 0 Å². The van der Waals surface area contributed by atoms with Gasteiger partial charge in [0.15, 0.2) is 6.10 Å². The predicted octanol–water partition coefficient (Wildman–Crippen LogP) is 4.22. The maximum atomic E-state index is 12.3. The Hall–Kier alpha value is -1.84. The van der Waals surface area contributed by atoms with E-state index in [9.17, 15) is 9.59 Å². The molecule has 138 valence electrons. The molecule has 0 radical (unpaired) electrons. The molecule has 3 unspecified atom stereocenters. The molecule has 1 fully saturated rings. The van der Waals surface area contributed by atoms with E-state index >= 15 is 0 Å².